The topological polar surface area (TPSA) is 58.9 Å². The lowest BCUT2D eigenvalue weighted by Crippen LogP contribution is -2.04. The lowest BCUT2D eigenvalue weighted by atomic mass is 10.1. The fourth-order valence-electron chi connectivity index (χ4n) is 2.98. The molecule has 0 radical (unpaired) electrons. The van der Waals surface area contributed by atoms with Crippen molar-refractivity contribution in [2.45, 2.75) is 6.54 Å². The first kappa shape index (κ1) is 15.0. The zero-order chi connectivity index (χ0) is 17.2. The molecule has 120 valence electrons. The molecule has 0 fully saturated rings. The third-order valence-corrected chi connectivity index (χ3v) is 4.19. The second kappa shape index (κ2) is 6.14. The Morgan fingerprint density at radius 1 is 0.960 bits per heavy atom. The highest BCUT2D eigenvalue weighted by atomic mass is 16.4. The summed E-state index contributed by atoms with van der Waals surface area (Å²) in [7, 11) is 0. The van der Waals surface area contributed by atoms with E-state index in [1.807, 2.05) is 59.2 Å². The molecule has 0 aliphatic carbocycles. The molecule has 0 aliphatic heterocycles. The summed E-state index contributed by atoms with van der Waals surface area (Å²) >= 11 is 0. The van der Waals surface area contributed by atoms with Crippen molar-refractivity contribution in [2.24, 2.45) is 0 Å². The number of benzene rings is 2. The zero-order valence-electron chi connectivity index (χ0n) is 13.3. The number of fused-ring (bicyclic) bond motifs is 1. The average molecular weight is 326 g/mol. The predicted molar refractivity (Wildman–Crippen MR) is 96.2 cm³/mol. The third kappa shape index (κ3) is 2.84. The standard InChI is InChI=1S/C21H14N2O2/c22-13-18-8-9-19(23(18)14-15-4-2-1-3-5-15)16-6-10-20-17(12-16)7-11-21(24)25-20/h1-12H,14H2. The van der Waals surface area contributed by atoms with E-state index in [-0.39, 0.29) is 5.63 Å². The van der Waals surface area contributed by atoms with Gasteiger partial charge in [0.25, 0.3) is 0 Å². The van der Waals surface area contributed by atoms with E-state index in [0.29, 0.717) is 17.8 Å². The van der Waals surface area contributed by atoms with E-state index in [9.17, 15) is 10.1 Å². The van der Waals surface area contributed by atoms with Gasteiger partial charge in [-0.2, -0.15) is 5.26 Å². The van der Waals surface area contributed by atoms with Crippen molar-refractivity contribution in [3.63, 3.8) is 0 Å². The molecule has 0 N–H and O–H groups in total. The molecule has 0 unspecified atom stereocenters. The van der Waals surface area contributed by atoms with Crippen LogP contribution in [0.3, 0.4) is 0 Å². The van der Waals surface area contributed by atoms with Crippen LogP contribution in [-0.2, 0) is 6.54 Å². The van der Waals surface area contributed by atoms with Gasteiger partial charge in [-0.25, -0.2) is 4.79 Å². The summed E-state index contributed by atoms with van der Waals surface area (Å²) in [5.74, 6) is 0. The Morgan fingerprint density at radius 2 is 1.80 bits per heavy atom. The summed E-state index contributed by atoms with van der Waals surface area (Å²) in [6.45, 7) is 0.619. The molecule has 0 saturated heterocycles. The van der Waals surface area contributed by atoms with Gasteiger partial charge in [0, 0.05) is 23.7 Å². The van der Waals surface area contributed by atoms with Crippen LogP contribution < -0.4 is 5.63 Å². The summed E-state index contributed by atoms with van der Waals surface area (Å²) in [6.07, 6.45) is 0. The molecule has 0 spiro atoms. The molecular formula is C21H14N2O2. The molecule has 4 heteroatoms. The van der Waals surface area contributed by atoms with Gasteiger partial charge in [0.15, 0.2) is 0 Å². The molecule has 0 aliphatic rings. The number of hydrogen-bond donors (Lipinski definition) is 0. The van der Waals surface area contributed by atoms with Crippen LogP contribution in [0.2, 0.25) is 0 Å². The Bertz CT molecular complexity index is 1150. The molecule has 4 rings (SSSR count). The third-order valence-electron chi connectivity index (χ3n) is 4.19. The molecule has 0 amide bonds. The fraction of sp³-hybridized carbons (Fsp3) is 0.0476. The summed E-state index contributed by atoms with van der Waals surface area (Å²) < 4.78 is 7.19. The van der Waals surface area contributed by atoms with E-state index >= 15 is 0 Å². The SMILES string of the molecule is N#Cc1ccc(-c2ccc3oc(=O)ccc3c2)n1Cc1ccccc1. The number of nitriles is 1. The van der Waals surface area contributed by atoms with Gasteiger partial charge >= 0.3 is 5.63 Å². The molecule has 0 saturated carbocycles. The van der Waals surface area contributed by atoms with E-state index in [1.54, 1.807) is 12.1 Å². The fourth-order valence-corrected chi connectivity index (χ4v) is 2.98. The summed E-state index contributed by atoms with van der Waals surface area (Å²) in [6, 6.07) is 24.9. The minimum Gasteiger partial charge on any atom is -0.423 e. The smallest absolute Gasteiger partial charge is 0.336 e. The Balaban J connectivity index is 1.83. The van der Waals surface area contributed by atoms with Gasteiger partial charge in [-0.15, -0.1) is 0 Å². The Kier molecular flexibility index (Phi) is 3.68. The maximum absolute atomic E-state index is 11.3. The Morgan fingerprint density at radius 3 is 2.60 bits per heavy atom. The molecule has 2 heterocycles. The van der Waals surface area contributed by atoms with E-state index in [2.05, 4.69) is 6.07 Å². The first-order chi connectivity index (χ1) is 12.2. The summed E-state index contributed by atoms with van der Waals surface area (Å²) in [5, 5.41) is 10.3. The van der Waals surface area contributed by atoms with Crippen LogP contribution in [0.5, 0.6) is 0 Å². The zero-order valence-corrected chi connectivity index (χ0v) is 13.3. The maximum atomic E-state index is 11.3. The van der Waals surface area contributed by atoms with Gasteiger partial charge in [0.2, 0.25) is 0 Å². The highest BCUT2D eigenvalue weighted by Gasteiger charge is 2.11. The van der Waals surface area contributed by atoms with Gasteiger partial charge < -0.3 is 8.98 Å². The molecular weight excluding hydrogens is 312 g/mol. The van der Waals surface area contributed by atoms with Crippen molar-refractivity contribution in [1.29, 1.82) is 5.26 Å². The second-order valence-electron chi connectivity index (χ2n) is 5.79. The average Bonchev–Trinajstić information content (AvgIpc) is 3.04. The normalized spacial score (nSPS) is 10.7. The van der Waals surface area contributed by atoms with Crippen LogP contribution in [0, 0.1) is 11.3 Å². The van der Waals surface area contributed by atoms with Crippen LogP contribution in [-0.4, -0.2) is 4.57 Å². The first-order valence-electron chi connectivity index (χ1n) is 7.92. The van der Waals surface area contributed by atoms with E-state index in [4.69, 9.17) is 4.42 Å². The van der Waals surface area contributed by atoms with Gasteiger partial charge in [-0.3, -0.25) is 0 Å². The number of hydrogen-bond acceptors (Lipinski definition) is 3. The number of nitrogens with zero attached hydrogens (tertiary/aromatic N) is 2. The van der Waals surface area contributed by atoms with Crippen molar-refractivity contribution in [3.05, 3.63) is 94.5 Å². The van der Waals surface area contributed by atoms with Gasteiger partial charge in [0.05, 0.1) is 0 Å². The summed E-state index contributed by atoms with van der Waals surface area (Å²) in [4.78, 5) is 11.3. The van der Waals surface area contributed by atoms with Crippen molar-refractivity contribution < 1.29 is 4.42 Å². The lowest BCUT2D eigenvalue weighted by Gasteiger charge is -2.11. The highest BCUT2D eigenvalue weighted by Crippen LogP contribution is 2.27. The van der Waals surface area contributed by atoms with Gasteiger partial charge in [0.1, 0.15) is 17.3 Å². The number of aromatic nitrogens is 1. The quantitative estimate of drug-likeness (QED) is 0.531. The Hall–Kier alpha value is -3.58. The minimum atomic E-state index is -0.362. The van der Waals surface area contributed by atoms with E-state index in [1.165, 1.54) is 6.07 Å². The molecule has 4 nitrogen and oxygen atoms in total. The largest absolute Gasteiger partial charge is 0.423 e. The summed E-state index contributed by atoms with van der Waals surface area (Å²) in [5.41, 5.74) is 3.85. The number of rotatable bonds is 3. The second-order valence-corrected chi connectivity index (χ2v) is 5.79. The van der Waals surface area contributed by atoms with Crippen molar-refractivity contribution in [2.75, 3.05) is 0 Å². The molecule has 4 aromatic rings. The molecule has 25 heavy (non-hydrogen) atoms. The molecule has 2 aromatic heterocycles. The van der Waals surface area contributed by atoms with Gasteiger partial charge in [-0.1, -0.05) is 30.3 Å². The lowest BCUT2D eigenvalue weighted by molar-refractivity contribution is 0.561. The molecule has 2 aromatic carbocycles. The molecule has 0 bridgehead atoms. The minimum absolute atomic E-state index is 0.362. The molecule has 0 atom stereocenters. The van der Waals surface area contributed by atoms with Crippen molar-refractivity contribution in [1.82, 2.24) is 4.57 Å². The van der Waals surface area contributed by atoms with Crippen LogP contribution >= 0.6 is 0 Å². The maximum Gasteiger partial charge on any atom is 0.336 e. The van der Waals surface area contributed by atoms with Crippen LogP contribution in [0.25, 0.3) is 22.2 Å². The van der Waals surface area contributed by atoms with Crippen LogP contribution in [0.4, 0.5) is 0 Å². The van der Waals surface area contributed by atoms with E-state index < -0.39 is 0 Å². The van der Waals surface area contributed by atoms with Crippen molar-refractivity contribution in [3.8, 4) is 17.3 Å². The van der Waals surface area contributed by atoms with Crippen LogP contribution in [0.15, 0.2) is 82.0 Å². The Labute approximate surface area is 144 Å². The monoisotopic (exact) mass is 326 g/mol. The van der Waals surface area contributed by atoms with Crippen molar-refractivity contribution >= 4 is 11.0 Å². The predicted octanol–water partition coefficient (Wildman–Crippen LogP) is 4.18. The first-order valence-corrected chi connectivity index (χ1v) is 7.92. The van der Waals surface area contributed by atoms with E-state index in [0.717, 1.165) is 22.2 Å². The van der Waals surface area contributed by atoms with Gasteiger partial charge in [-0.05, 0) is 47.5 Å². The van der Waals surface area contributed by atoms with Crippen LogP contribution in [0.1, 0.15) is 11.3 Å². The highest BCUT2D eigenvalue weighted by molar-refractivity contribution is 5.82.